The van der Waals surface area contributed by atoms with E-state index in [0.717, 1.165) is 5.56 Å². The molecule has 178 valence electrons. The van der Waals surface area contributed by atoms with Gasteiger partial charge >= 0.3 is 12.1 Å². The predicted octanol–water partition coefficient (Wildman–Crippen LogP) is 2.54. The molecule has 1 amide bonds. The number of nitrogens with one attached hydrogen (secondary N) is 4. The minimum absolute atomic E-state index is 0.0224. The average molecular weight is 467 g/mol. The number of aromatic nitrogens is 3. The highest BCUT2D eigenvalue weighted by Crippen LogP contribution is 2.21. The van der Waals surface area contributed by atoms with E-state index in [2.05, 4.69) is 30.6 Å². The van der Waals surface area contributed by atoms with Gasteiger partial charge in [-0.15, -0.1) is 0 Å². The van der Waals surface area contributed by atoms with Gasteiger partial charge in [-0.1, -0.05) is 0 Å². The zero-order valence-electron chi connectivity index (χ0n) is 18.8. The number of aromatic amines is 1. The fourth-order valence-corrected chi connectivity index (χ4v) is 3.78. The fraction of sp³-hybridized carbons (Fsp3) is 0.318. The SMILES string of the molecule is CC(=N)NOC(=O)c1ccc2nc(Nc3cc(CN4CCN(C(=O)O)C[C@H]4C)ccn3)[nH]c2c1. The fourth-order valence-electron chi connectivity index (χ4n) is 3.78. The highest BCUT2D eigenvalue weighted by Gasteiger charge is 2.26. The van der Waals surface area contributed by atoms with Crippen LogP contribution in [-0.2, 0) is 11.4 Å². The second-order valence-electron chi connectivity index (χ2n) is 8.16. The Morgan fingerprint density at radius 3 is 2.85 bits per heavy atom. The van der Waals surface area contributed by atoms with Gasteiger partial charge in [-0.3, -0.25) is 10.3 Å². The molecule has 1 aromatic carbocycles. The summed E-state index contributed by atoms with van der Waals surface area (Å²) >= 11 is 0. The Morgan fingerprint density at radius 1 is 1.29 bits per heavy atom. The van der Waals surface area contributed by atoms with Crippen molar-refractivity contribution in [3.63, 3.8) is 0 Å². The van der Waals surface area contributed by atoms with Crippen LogP contribution in [0.15, 0.2) is 36.5 Å². The number of anilines is 2. The maximum Gasteiger partial charge on any atom is 0.407 e. The molecule has 1 atom stereocenters. The van der Waals surface area contributed by atoms with Gasteiger partial charge in [0.2, 0.25) is 5.95 Å². The molecule has 1 saturated heterocycles. The quantitative estimate of drug-likeness (QED) is 0.216. The molecule has 4 rings (SSSR count). The van der Waals surface area contributed by atoms with Gasteiger partial charge in [0.15, 0.2) is 0 Å². The zero-order valence-corrected chi connectivity index (χ0v) is 18.8. The number of benzene rings is 1. The van der Waals surface area contributed by atoms with Gasteiger partial charge in [0, 0.05) is 38.4 Å². The van der Waals surface area contributed by atoms with Gasteiger partial charge < -0.3 is 25.1 Å². The Morgan fingerprint density at radius 2 is 2.12 bits per heavy atom. The van der Waals surface area contributed by atoms with E-state index in [0.29, 0.717) is 54.5 Å². The van der Waals surface area contributed by atoms with Gasteiger partial charge in [-0.25, -0.2) is 25.0 Å². The first-order chi connectivity index (χ1) is 16.3. The van der Waals surface area contributed by atoms with Crippen molar-refractivity contribution in [2.24, 2.45) is 0 Å². The van der Waals surface area contributed by atoms with Crippen LogP contribution in [0.1, 0.15) is 29.8 Å². The topological polar surface area (TPSA) is 160 Å². The maximum atomic E-state index is 12.1. The van der Waals surface area contributed by atoms with Crippen molar-refractivity contribution in [1.82, 2.24) is 30.2 Å². The summed E-state index contributed by atoms with van der Waals surface area (Å²) in [6.07, 6.45) is 0.833. The number of carboxylic acid groups (broad SMARTS) is 1. The molecular weight excluding hydrogens is 440 g/mol. The predicted molar refractivity (Wildman–Crippen MR) is 125 cm³/mol. The molecule has 1 aliphatic rings. The Hall–Kier alpha value is -4.19. The third-order valence-corrected chi connectivity index (χ3v) is 5.51. The first-order valence-corrected chi connectivity index (χ1v) is 10.7. The molecule has 0 unspecified atom stereocenters. The number of carbonyl (C=O) groups excluding carboxylic acids is 1. The number of H-pyrrole nitrogens is 1. The molecule has 1 fully saturated rings. The van der Waals surface area contributed by atoms with E-state index in [9.17, 15) is 14.7 Å². The van der Waals surface area contributed by atoms with Crippen molar-refractivity contribution in [3.8, 4) is 0 Å². The molecule has 0 bridgehead atoms. The van der Waals surface area contributed by atoms with Crippen molar-refractivity contribution in [2.75, 3.05) is 25.0 Å². The number of imidazole rings is 1. The first-order valence-electron chi connectivity index (χ1n) is 10.7. The molecular formula is C22H26N8O4. The summed E-state index contributed by atoms with van der Waals surface area (Å²) in [5.41, 5.74) is 4.89. The number of carbonyl (C=O) groups is 2. The van der Waals surface area contributed by atoms with Crippen LogP contribution in [0.4, 0.5) is 16.6 Å². The van der Waals surface area contributed by atoms with Crippen molar-refractivity contribution < 1.29 is 19.5 Å². The first kappa shape index (κ1) is 23.0. The molecule has 1 aliphatic heterocycles. The van der Waals surface area contributed by atoms with Crippen LogP contribution in [0.2, 0.25) is 0 Å². The Kier molecular flexibility index (Phi) is 6.59. The summed E-state index contributed by atoms with van der Waals surface area (Å²) < 4.78 is 0. The lowest BCUT2D eigenvalue weighted by Crippen LogP contribution is -2.52. The van der Waals surface area contributed by atoms with Crippen LogP contribution in [0, 0.1) is 5.41 Å². The molecule has 3 aromatic rings. The number of nitrogens with zero attached hydrogens (tertiary/aromatic N) is 4. The standard InChI is InChI=1S/C22H26N8O4/c1-13-11-30(22(32)33)8-7-29(13)12-15-5-6-24-19(9-15)27-21-25-17-4-3-16(10-18(17)26-21)20(31)34-28-14(2)23/h3-6,9-10,13H,7-8,11-12H2,1-2H3,(H2,23,28)(H,32,33)(H2,24,25,26,27)/t13-/m1/s1. The van der Waals surface area contributed by atoms with Crippen molar-refractivity contribution in [3.05, 3.63) is 47.7 Å². The number of pyridine rings is 1. The van der Waals surface area contributed by atoms with Gasteiger partial charge in [0.25, 0.3) is 0 Å². The second-order valence-corrected chi connectivity index (χ2v) is 8.16. The third kappa shape index (κ3) is 5.41. The van der Waals surface area contributed by atoms with Gasteiger partial charge in [-0.05, 0) is 49.7 Å². The molecule has 0 radical (unpaired) electrons. The van der Waals surface area contributed by atoms with Gasteiger partial charge in [0.05, 0.1) is 16.6 Å². The second kappa shape index (κ2) is 9.75. The van der Waals surface area contributed by atoms with Crippen LogP contribution < -0.4 is 10.8 Å². The van der Waals surface area contributed by atoms with E-state index in [1.54, 1.807) is 24.4 Å². The number of piperazine rings is 1. The third-order valence-electron chi connectivity index (χ3n) is 5.51. The Bertz CT molecular complexity index is 1230. The van der Waals surface area contributed by atoms with Gasteiger partial charge in [-0.2, -0.15) is 0 Å². The van der Waals surface area contributed by atoms with E-state index >= 15 is 0 Å². The minimum Gasteiger partial charge on any atom is -0.465 e. The number of hydrogen-bond acceptors (Lipinski definition) is 8. The number of amides is 1. The molecule has 0 spiro atoms. The highest BCUT2D eigenvalue weighted by molar-refractivity contribution is 5.94. The number of amidine groups is 1. The summed E-state index contributed by atoms with van der Waals surface area (Å²) in [5, 5.41) is 19.6. The molecule has 34 heavy (non-hydrogen) atoms. The monoisotopic (exact) mass is 466 g/mol. The molecule has 5 N–H and O–H groups in total. The zero-order chi connectivity index (χ0) is 24.2. The Labute approximate surface area is 195 Å². The van der Waals surface area contributed by atoms with Crippen molar-refractivity contribution >= 4 is 40.7 Å². The lowest BCUT2D eigenvalue weighted by Gasteiger charge is -2.38. The molecule has 12 heteroatoms. The lowest BCUT2D eigenvalue weighted by atomic mass is 10.1. The number of fused-ring (bicyclic) bond motifs is 1. The van der Waals surface area contributed by atoms with Gasteiger partial charge in [0.1, 0.15) is 11.7 Å². The number of hydrogen-bond donors (Lipinski definition) is 5. The maximum absolute atomic E-state index is 12.1. The van der Waals surface area contributed by atoms with Crippen LogP contribution in [0.5, 0.6) is 0 Å². The van der Waals surface area contributed by atoms with E-state index < -0.39 is 12.1 Å². The highest BCUT2D eigenvalue weighted by atomic mass is 16.7. The normalized spacial score (nSPS) is 16.3. The smallest absolute Gasteiger partial charge is 0.407 e. The largest absolute Gasteiger partial charge is 0.465 e. The molecule has 0 aliphatic carbocycles. The summed E-state index contributed by atoms with van der Waals surface area (Å²) in [7, 11) is 0. The summed E-state index contributed by atoms with van der Waals surface area (Å²) in [6.45, 7) is 5.81. The van der Waals surface area contributed by atoms with Crippen molar-refractivity contribution in [2.45, 2.75) is 26.4 Å². The van der Waals surface area contributed by atoms with Crippen LogP contribution in [0.25, 0.3) is 11.0 Å². The molecule has 12 nitrogen and oxygen atoms in total. The van der Waals surface area contributed by atoms with E-state index in [4.69, 9.17) is 10.2 Å². The number of hydroxylamine groups is 1. The van der Waals surface area contributed by atoms with Crippen LogP contribution >= 0.6 is 0 Å². The van der Waals surface area contributed by atoms with E-state index in [-0.39, 0.29) is 11.9 Å². The minimum atomic E-state index is -0.880. The summed E-state index contributed by atoms with van der Waals surface area (Å²) in [4.78, 5) is 43.8. The van der Waals surface area contributed by atoms with E-state index in [1.165, 1.54) is 11.8 Å². The average Bonchev–Trinajstić information content (AvgIpc) is 3.20. The van der Waals surface area contributed by atoms with Crippen LogP contribution in [0.3, 0.4) is 0 Å². The summed E-state index contributed by atoms with van der Waals surface area (Å²) in [5.74, 6) is 0.500. The molecule has 2 aromatic heterocycles. The van der Waals surface area contributed by atoms with Crippen molar-refractivity contribution in [1.29, 1.82) is 5.41 Å². The van der Waals surface area contributed by atoms with Crippen LogP contribution in [-0.4, -0.2) is 73.4 Å². The molecule has 0 saturated carbocycles. The lowest BCUT2D eigenvalue weighted by molar-refractivity contribution is 0.0384. The van der Waals surface area contributed by atoms with E-state index in [1.807, 2.05) is 19.1 Å². The molecule has 3 heterocycles. The number of rotatable bonds is 5. The Balaban J connectivity index is 1.42. The summed E-state index contributed by atoms with van der Waals surface area (Å²) in [6, 6.07) is 8.90.